The number of benzene rings is 1. The smallest absolute Gasteiger partial charge is 0.175 e. The highest BCUT2D eigenvalue weighted by Crippen LogP contribution is 2.25. The third-order valence-corrected chi connectivity index (χ3v) is 4.24. The molecule has 2 aromatic rings. The van der Waals surface area contributed by atoms with Gasteiger partial charge in [0.05, 0.1) is 27.8 Å². The molecule has 0 amide bonds. The van der Waals surface area contributed by atoms with Crippen molar-refractivity contribution < 1.29 is 8.42 Å². The quantitative estimate of drug-likeness (QED) is 0.943. The van der Waals surface area contributed by atoms with Gasteiger partial charge in [0.25, 0.3) is 0 Å². The fourth-order valence-electron chi connectivity index (χ4n) is 1.66. The molecule has 1 heterocycles. The molecular weight excluding hydrogens is 296 g/mol. The number of pyridine rings is 1. The summed E-state index contributed by atoms with van der Waals surface area (Å²) in [6.07, 6.45) is 2.95. The number of nitrogens with zero attached hydrogens (tertiary/aromatic N) is 1. The molecule has 0 unspecified atom stereocenters. The molecule has 6 heteroatoms. The lowest BCUT2D eigenvalue weighted by molar-refractivity contribution is 0.602. The molecule has 0 aliphatic heterocycles. The first-order chi connectivity index (χ1) is 9.36. The summed E-state index contributed by atoms with van der Waals surface area (Å²) in [7, 11) is -3.24. The molecule has 1 aromatic carbocycles. The van der Waals surface area contributed by atoms with Gasteiger partial charge in [-0.15, -0.1) is 0 Å². The molecule has 0 aliphatic rings. The van der Waals surface area contributed by atoms with E-state index in [1.807, 2.05) is 19.1 Å². The minimum Gasteiger partial charge on any atom is -0.378 e. The van der Waals surface area contributed by atoms with E-state index in [4.69, 9.17) is 11.6 Å². The maximum Gasteiger partial charge on any atom is 0.175 e. The van der Waals surface area contributed by atoms with E-state index in [0.717, 1.165) is 11.3 Å². The molecule has 0 spiro atoms. The molecule has 0 bridgehead atoms. The van der Waals surface area contributed by atoms with Crippen molar-refractivity contribution in [1.82, 2.24) is 4.98 Å². The monoisotopic (exact) mass is 310 g/mol. The fourth-order valence-corrected chi connectivity index (χ4v) is 2.49. The van der Waals surface area contributed by atoms with Gasteiger partial charge in [-0.1, -0.05) is 17.7 Å². The normalized spacial score (nSPS) is 11.3. The second-order valence-corrected chi connectivity index (χ2v) is 7.02. The molecule has 1 N–H and O–H groups in total. The molecule has 0 radical (unpaired) electrons. The third-order valence-electron chi connectivity index (χ3n) is 2.80. The lowest BCUT2D eigenvalue weighted by atomic mass is 10.2. The second-order valence-electron chi connectivity index (χ2n) is 4.59. The topological polar surface area (TPSA) is 59.1 Å². The van der Waals surface area contributed by atoms with Crippen LogP contribution in [0, 0.1) is 6.92 Å². The predicted molar refractivity (Wildman–Crippen MR) is 80.9 cm³/mol. The van der Waals surface area contributed by atoms with Gasteiger partial charge >= 0.3 is 0 Å². The largest absolute Gasteiger partial charge is 0.378 e. The Bertz CT molecular complexity index is 712. The van der Waals surface area contributed by atoms with Crippen LogP contribution in [0.25, 0.3) is 0 Å². The van der Waals surface area contributed by atoms with Crippen molar-refractivity contribution in [2.75, 3.05) is 11.6 Å². The molecule has 0 atom stereocenters. The molecule has 2 rings (SSSR count). The van der Waals surface area contributed by atoms with E-state index in [-0.39, 0.29) is 4.90 Å². The first-order valence-electron chi connectivity index (χ1n) is 6.01. The van der Waals surface area contributed by atoms with Crippen molar-refractivity contribution in [3.63, 3.8) is 0 Å². The average molecular weight is 311 g/mol. The minimum atomic E-state index is -3.24. The molecule has 20 heavy (non-hydrogen) atoms. The van der Waals surface area contributed by atoms with Gasteiger partial charge in [-0.05, 0) is 36.8 Å². The van der Waals surface area contributed by atoms with Crippen LogP contribution in [-0.4, -0.2) is 19.7 Å². The average Bonchev–Trinajstić information content (AvgIpc) is 2.38. The zero-order valence-corrected chi connectivity index (χ0v) is 12.8. The third kappa shape index (κ3) is 3.71. The lowest BCUT2D eigenvalue weighted by Gasteiger charge is -2.09. The summed E-state index contributed by atoms with van der Waals surface area (Å²) < 4.78 is 23.0. The van der Waals surface area contributed by atoms with E-state index in [2.05, 4.69) is 10.3 Å². The Morgan fingerprint density at radius 3 is 2.60 bits per heavy atom. The van der Waals surface area contributed by atoms with Crippen molar-refractivity contribution >= 4 is 27.1 Å². The number of rotatable bonds is 4. The SMILES string of the molecule is Cc1ccc(CNc2cc(S(C)(=O)=O)ccc2Cl)nc1. The van der Waals surface area contributed by atoms with Gasteiger partial charge in [-0.25, -0.2) is 8.42 Å². The summed E-state index contributed by atoms with van der Waals surface area (Å²) in [6, 6.07) is 8.48. The highest BCUT2D eigenvalue weighted by atomic mass is 35.5. The Kier molecular flexibility index (Phi) is 4.30. The Hall–Kier alpha value is -1.59. The van der Waals surface area contributed by atoms with Crippen LogP contribution in [0.5, 0.6) is 0 Å². The maximum absolute atomic E-state index is 11.5. The highest BCUT2D eigenvalue weighted by molar-refractivity contribution is 7.90. The Labute approximate surface area is 123 Å². The van der Waals surface area contributed by atoms with Gasteiger partial charge in [-0.2, -0.15) is 0 Å². The van der Waals surface area contributed by atoms with E-state index >= 15 is 0 Å². The summed E-state index contributed by atoms with van der Waals surface area (Å²) in [5, 5.41) is 3.58. The van der Waals surface area contributed by atoms with Crippen LogP contribution >= 0.6 is 11.6 Å². The molecule has 0 aliphatic carbocycles. The van der Waals surface area contributed by atoms with Gasteiger partial charge in [0.2, 0.25) is 0 Å². The first-order valence-corrected chi connectivity index (χ1v) is 8.28. The van der Waals surface area contributed by atoms with Crippen LogP contribution in [0.2, 0.25) is 5.02 Å². The molecule has 4 nitrogen and oxygen atoms in total. The number of sulfone groups is 1. The van der Waals surface area contributed by atoms with Crippen LogP contribution in [0.4, 0.5) is 5.69 Å². The van der Waals surface area contributed by atoms with Gasteiger partial charge < -0.3 is 5.32 Å². The minimum absolute atomic E-state index is 0.237. The zero-order valence-electron chi connectivity index (χ0n) is 11.2. The number of nitrogens with one attached hydrogen (secondary N) is 1. The fraction of sp³-hybridized carbons (Fsp3) is 0.214. The van der Waals surface area contributed by atoms with Gasteiger partial charge in [-0.3, -0.25) is 4.98 Å². The van der Waals surface area contributed by atoms with Crippen LogP contribution < -0.4 is 5.32 Å². The molecular formula is C14H15ClN2O2S. The van der Waals surface area contributed by atoms with Crippen molar-refractivity contribution in [1.29, 1.82) is 0 Å². The van der Waals surface area contributed by atoms with Crippen LogP contribution in [-0.2, 0) is 16.4 Å². The second kappa shape index (κ2) is 5.81. The summed E-state index contributed by atoms with van der Waals surface area (Å²) in [4.78, 5) is 4.51. The zero-order chi connectivity index (χ0) is 14.8. The van der Waals surface area contributed by atoms with Crippen molar-refractivity contribution in [2.45, 2.75) is 18.4 Å². The number of anilines is 1. The van der Waals surface area contributed by atoms with Gasteiger partial charge in [0, 0.05) is 12.5 Å². The van der Waals surface area contributed by atoms with Crippen LogP contribution in [0.3, 0.4) is 0 Å². The highest BCUT2D eigenvalue weighted by Gasteiger charge is 2.10. The summed E-state index contributed by atoms with van der Waals surface area (Å²) in [5.41, 5.74) is 2.53. The molecule has 0 saturated heterocycles. The van der Waals surface area contributed by atoms with Crippen molar-refractivity contribution in [3.05, 3.63) is 52.8 Å². The van der Waals surface area contributed by atoms with E-state index < -0.39 is 9.84 Å². The maximum atomic E-state index is 11.5. The molecule has 0 fully saturated rings. The van der Waals surface area contributed by atoms with E-state index in [0.29, 0.717) is 17.3 Å². The van der Waals surface area contributed by atoms with Crippen molar-refractivity contribution in [2.24, 2.45) is 0 Å². The van der Waals surface area contributed by atoms with E-state index in [1.54, 1.807) is 12.3 Å². The summed E-state index contributed by atoms with van der Waals surface area (Å²) in [5.74, 6) is 0. The molecule has 1 aromatic heterocycles. The van der Waals surface area contributed by atoms with Gasteiger partial charge in [0.1, 0.15) is 0 Å². The lowest BCUT2D eigenvalue weighted by Crippen LogP contribution is -2.04. The molecule has 106 valence electrons. The Morgan fingerprint density at radius 2 is 2.00 bits per heavy atom. The van der Waals surface area contributed by atoms with Gasteiger partial charge in [0.15, 0.2) is 9.84 Å². The van der Waals surface area contributed by atoms with Crippen molar-refractivity contribution in [3.8, 4) is 0 Å². The number of hydrogen-bond acceptors (Lipinski definition) is 4. The van der Waals surface area contributed by atoms with Crippen LogP contribution in [0.15, 0.2) is 41.4 Å². The number of hydrogen-bond donors (Lipinski definition) is 1. The Morgan fingerprint density at radius 1 is 1.25 bits per heavy atom. The predicted octanol–water partition coefficient (Wildman–Crippen LogP) is 3.06. The first kappa shape index (κ1) is 14.8. The van der Waals surface area contributed by atoms with Crippen LogP contribution in [0.1, 0.15) is 11.3 Å². The standard InChI is InChI=1S/C14H15ClN2O2S/c1-10-3-4-11(16-8-10)9-17-14-7-12(20(2,18)19)5-6-13(14)15/h3-8,17H,9H2,1-2H3. The number of halogens is 1. The Balaban J connectivity index is 2.19. The van der Waals surface area contributed by atoms with E-state index in [9.17, 15) is 8.42 Å². The van der Waals surface area contributed by atoms with E-state index in [1.165, 1.54) is 18.4 Å². The molecule has 0 saturated carbocycles. The number of aromatic nitrogens is 1. The summed E-state index contributed by atoms with van der Waals surface area (Å²) >= 11 is 6.06. The summed E-state index contributed by atoms with van der Waals surface area (Å²) in [6.45, 7) is 2.45. The number of aryl methyl sites for hydroxylation is 1.